The molecule has 0 aromatic heterocycles. The Labute approximate surface area is 83.3 Å². The van der Waals surface area contributed by atoms with E-state index in [1.165, 1.54) is 0 Å². The minimum Gasteiger partial charge on any atom is -0.298 e. The monoisotopic (exact) mass is 215 g/mol. The van der Waals surface area contributed by atoms with Crippen LogP contribution in [0.2, 0.25) is 0 Å². The number of carbonyl (C=O) groups excluding carboxylic acids is 2. The van der Waals surface area contributed by atoms with Crippen LogP contribution in [0.15, 0.2) is 11.3 Å². The number of thiocarbonyl (C=S) groups is 1. The van der Waals surface area contributed by atoms with E-state index >= 15 is 0 Å². The standard InChI is InChI=1S/C6H5N3O4S/c1-2(9(12)13)3-4(10)7-6(14)8-5(3)11/h1H3,(H2,7,8,10,11,14). The smallest absolute Gasteiger partial charge is 0.269 e. The maximum absolute atomic E-state index is 11.1. The molecule has 1 heterocycles. The Balaban J connectivity index is 3.17. The molecule has 1 aliphatic heterocycles. The summed E-state index contributed by atoms with van der Waals surface area (Å²) in [6.45, 7) is 1.07. The van der Waals surface area contributed by atoms with Crippen molar-refractivity contribution in [2.75, 3.05) is 0 Å². The molecule has 0 unspecified atom stereocenters. The highest BCUT2D eigenvalue weighted by atomic mass is 32.1. The van der Waals surface area contributed by atoms with Gasteiger partial charge in [-0.1, -0.05) is 0 Å². The lowest BCUT2D eigenvalue weighted by Gasteiger charge is -2.15. The van der Waals surface area contributed by atoms with Gasteiger partial charge in [0.25, 0.3) is 17.5 Å². The van der Waals surface area contributed by atoms with Gasteiger partial charge in [-0.2, -0.15) is 0 Å². The Bertz CT molecular complexity index is 365. The van der Waals surface area contributed by atoms with E-state index in [0.29, 0.717) is 0 Å². The number of nitro groups is 1. The van der Waals surface area contributed by atoms with Gasteiger partial charge in [0, 0.05) is 6.92 Å². The van der Waals surface area contributed by atoms with Gasteiger partial charge >= 0.3 is 0 Å². The number of amides is 2. The second kappa shape index (κ2) is 3.50. The molecule has 0 saturated carbocycles. The summed E-state index contributed by atoms with van der Waals surface area (Å²) in [5, 5.41) is 14.4. The summed E-state index contributed by atoms with van der Waals surface area (Å²) in [6.07, 6.45) is 0. The minimum atomic E-state index is -0.854. The Morgan fingerprint density at radius 2 is 1.79 bits per heavy atom. The van der Waals surface area contributed by atoms with Gasteiger partial charge in [-0.3, -0.25) is 30.3 Å². The molecule has 0 atom stereocenters. The molecular weight excluding hydrogens is 210 g/mol. The highest BCUT2D eigenvalue weighted by molar-refractivity contribution is 7.80. The van der Waals surface area contributed by atoms with Crippen LogP contribution >= 0.6 is 12.2 Å². The zero-order valence-corrected chi connectivity index (χ0v) is 7.80. The zero-order chi connectivity index (χ0) is 10.9. The number of allylic oxidation sites excluding steroid dienone is 1. The summed E-state index contributed by atoms with van der Waals surface area (Å²) in [4.78, 5) is 31.8. The van der Waals surface area contributed by atoms with Crippen molar-refractivity contribution in [3.8, 4) is 0 Å². The van der Waals surface area contributed by atoms with E-state index in [0.717, 1.165) is 6.92 Å². The van der Waals surface area contributed by atoms with Gasteiger partial charge in [-0.25, -0.2) is 0 Å². The summed E-state index contributed by atoms with van der Waals surface area (Å²) in [5.74, 6) is -1.71. The van der Waals surface area contributed by atoms with Crippen molar-refractivity contribution in [3.05, 3.63) is 21.4 Å². The second-order valence-electron chi connectivity index (χ2n) is 2.45. The van der Waals surface area contributed by atoms with E-state index in [-0.39, 0.29) is 5.11 Å². The molecule has 1 saturated heterocycles. The molecule has 74 valence electrons. The lowest BCUT2D eigenvalue weighted by molar-refractivity contribution is -0.425. The van der Waals surface area contributed by atoms with E-state index in [4.69, 9.17) is 0 Å². The quantitative estimate of drug-likeness (QED) is 0.193. The normalized spacial score (nSPS) is 16.1. The molecule has 1 aliphatic rings. The van der Waals surface area contributed by atoms with Crippen LogP contribution in [0.25, 0.3) is 0 Å². The van der Waals surface area contributed by atoms with Gasteiger partial charge in [-0.05, 0) is 12.2 Å². The van der Waals surface area contributed by atoms with Crippen LogP contribution in [0.3, 0.4) is 0 Å². The molecule has 0 aromatic carbocycles. The Hall–Kier alpha value is -1.83. The molecule has 8 heteroatoms. The fourth-order valence-corrected chi connectivity index (χ4v) is 1.07. The Kier molecular flexibility index (Phi) is 2.56. The highest BCUT2D eigenvalue weighted by Crippen LogP contribution is 2.08. The number of nitrogens with one attached hydrogen (secondary N) is 2. The fraction of sp³-hybridized carbons (Fsp3) is 0.167. The van der Waals surface area contributed by atoms with Crippen molar-refractivity contribution in [3.63, 3.8) is 0 Å². The molecule has 7 nitrogen and oxygen atoms in total. The maximum Gasteiger partial charge on any atom is 0.269 e. The van der Waals surface area contributed by atoms with Crippen LogP contribution in [0, 0.1) is 10.1 Å². The van der Waals surface area contributed by atoms with E-state index in [9.17, 15) is 19.7 Å². The molecule has 1 fully saturated rings. The largest absolute Gasteiger partial charge is 0.298 e. The first-order chi connectivity index (χ1) is 6.43. The van der Waals surface area contributed by atoms with E-state index < -0.39 is 28.0 Å². The fourth-order valence-electron chi connectivity index (χ4n) is 0.885. The predicted molar refractivity (Wildman–Crippen MR) is 48.6 cm³/mol. The first kappa shape index (κ1) is 10.3. The molecule has 1 rings (SSSR count). The van der Waals surface area contributed by atoms with Crippen molar-refractivity contribution < 1.29 is 14.5 Å². The second-order valence-corrected chi connectivity index (χ2v) is 2.86. The molecular formula is C6H5N3O4S. The van der Waals surface area contributed by atoms with Gasteiger partial charge in [0.1, 0.15) is 0 Å². The number of carbonyl (C=O) groups is 2. The van der Waals surface area contributed by atoms with Crippen LogP contribution in [0.1, 0.15) is 6.92 Å². The molecule has 0 aliphatic carbocycles. The number of rotatable bonds is 1. The van der Waals surface area contributed by atoms with Crippen molar-refractivity contribution in [1.82, 2.24) is 10.6 Å². The number of hydrogen-bond acceptors (Lipinski definition) is 5. The van der Waals surface area contributed by atoms with Crippen molar-refractivity contribution >= 4 is 29.1 Å². The van der Waals surface area contributed by atoms with Gasteiger partial charge < -0.3 is 0 Å². The Morgan fingerprint density at radius 3 is 2.14 bits per heavy atom. The molecule has 0 spiro atoms. The minimum absolute atomic E-state index is 0.153. The predicted octanol–water partition coefficient (Wildman–Crippen LogP) is -0.932. The van der Waals surface area contributed by atoms with Crippen molar-refractivity contribution in [2.45, 2.75) is 6.92 Å². The van der Waals surface area contributed by atoms with Crippen LogP contribution < -0.4 is 10.6 Å². The Morgan fingerprint density at radius 1 is 1.36 bits per heavy atom. The summed E-state index contributed by atoms with van der Waals surface area (Å²) >= 11 is 4.51. The third-order valence-electron chi connectivity index (χ3n) is 1.54. The van der Waals surface area contributed by atoms with E-state index in [1.807, 2.05) is 0 Å². The third kappa shape index (κ3) is 1.74. The van der Waals surface area contributed by atoms with Crippen LogP contribution in [-0.4, -0.2) is 21.9 Å². The summed E-state index contributed by atoms with van der Waals surface area (Å²) in [7, 11) is 0. The molecule has 14 heavy (non-hydrogen) atoms. The lowest BCUT2D eigenvalue weighted by atomic mass is 10.1. The van der Waals surface area contributed by atoms with Gasteiger partial charge in [-0.15, -0.1) is 0 Å². The van der Waals surface area contributed by atoms with Crippen molar-refractivity contribution in [2.24, 2.45) is 0 Å². The first-order valence-corrected chi connectivity index (χ1v) is 3.86. The van der Waals surface area contributed by atoms with Crippen LogP contribution in [0.4, 0.5) is 0 Å². The lowest BCUT2D eigenvalue weighted by Crippen LogP contribution is -2.52. The molecule has 0 radical (unpaired) electrons. The zero-order valence-electron chi connectivity index (χ0n) is 6.99. The average molecular weight is 215 g/mol. The first-order valence-electron chi connectivity index (χ1n) is 3.45. The summed E-state index contributed by atoms with van der Waals surface area (Å²) < 4.78 is 0. The highest BCUT2D eigenvalue weighted by Gasteiger charge is 2.32. The SMILES string of the molecule is CC(=C1C(=O)NC(=S)NC1=O)[N+](=O)[O-]. The molecule has 2 N–H and O–H groups in total. The van der Waals surface area contributed by atoms with E-state index in [2.05, 4.69) is 22.9 Å². The molecule has 0 bridgehead atoms. The number of hydrogen-bond donors (Lipinski definition) is 2. The van der Waals surface area contributed by atoms with Crippen LogP contribution in [-0.2, 0) is 9.59 Å². The third-order valence-corrected chi connectivity index (χ3v) is 1.75. The summed E-state index contributed by atoms with van der Waals surface area (Å²) in [5.41, 5.74) is -1.04. The van der Waals surface area contributed by atoms with Gasteiger partial charge in [0.15, 0.2) is 10.7 Å². The summed E-state index contributed by atoms with van der Waals surface area (Å²) in [6, 6.07) is 0. The van der Waals surface area contributed by atoms with E-state index in [1.54, 1.807) is 0 Å². The van der Waals surface area contributed by atoms with Crippen LogP contribution in [0.5, 0.6) is 0 Å². The molecule has 2 amide bonds. The van der Waals surface area contributed by atoms with Gasteiger partial charge in [0.2, 0.25) is 0 Å². The molecule has 0 aromatic rings. The average Bonchev–Trinajstić information content (AvgIpc) is 2.01. The topological polar surface area (TPSA) is 101 Å². The number of nitrogens with zero attached hydrogens (tertiary/aromatic N) is 1. The maximum atomic E-state index is 11.1. The van der Waals surface area contributed by atoms with Crippen molar-refractivity contribution in [1.29, 1.82) is 0 Å². The van der Waals surface area contributed by atoms with Gasteiger partial charge in [0.05, 0.1) is 4.92 Å².